The summed E-state index contributed by atoms with van der Waals surface area (Å²) in [4.78, 5) is 11.7. The maximum Gasteiger partial charge on any atom is 0.262 e. The third-order valence-electron chi connectivity index (χ3n) is 2.22. The number of hydrogen-bond donors (Lipinski definition) is 1. The molecule has 0 saturated carbocycles. The zero-order chi connectivity index (χ0) is 12.8. The van der Waals surface area contributed by atoms with Gasteiger partial charge in [-0.3, -0.25) is 4.79 Å². The maximum atomic E-state index is 11.7. The molecule has 0 spiro atoms. The number of anilines is 1. The monoisotopic (exact) mass is 353 g/mol. The second-order valence-corrected chi connectivity index (χ2v) is 4.91. The summed E-state index contributed by atoms with van der Waals surface area (Å²) in [5.74, 6) is 0.524. The fourth-order valence-corrected chi connectivity index (χ4v) is 1.97. The lowest BCUT2D eigenvalue weighted by atomic mass is 10.3. The molecule has 2 rings (SSSR count). The van der Waals surface area contributed by atoms with E-state index in [4.69, 9.17) is 4.74 Å². The molecule has 0 bridgehead atoms. The molecular formula is C14H12INO2. The van der Waals surface area contributed by atoms with E-state index in [9.17, 15) is 4.79 Å². The van der Waals surface area contributed by atoms with Gasteiger partial charge in [0.2, 0.25) is 0 Å². The van der Waals surface area contributed by atoms with E-state index < -0.39 is 0 Å². The van der Waals surface area contributed by atoms with Gasteiger partial charge in [-0.2, -0.15) is 0 Å². The fourth-order valence-electron chi connectivity index (χ4n) is 1.43. The highest BCUT2D eigenvalue weighted by atomic mass is 127. The van der Waals surface area contributed by atoms with Gasteiger partial charge in [0, 0.05) is 9.26 Å². The summed E-state index contributed by atoms with van der Waals surface area (Å²) >= 11 is 2.20. The van der Waals surface area contributed by atoms with Gasteiger partial charge in [0.25, 0.3) is 5.91 Å². The molecule has 0 aliphatic carbocycles. The molecule has 4 heteroatoms. The van der Waals surface area contributed by atoms with Gasteiger partial charge in [-0.1, -0.05) is 24.3 Å². The van der Waals surface area contributed by atoms with E-state index in [1.54, 1.807) is 0 Å². The van der Waals surface area contributed by atoms with Gasteiger partial charge in [0.1, 0.15) is 5.75 Å². The zero-order valence-corrected chi connectivity index (χ0v) is 11.8. The van der Waals surface area contributed by atoms with Gasteiger partial charge in [0.05, 0.1) is 0 Å². The van der Waals surface area contributed by atoms with Gasteiger partial charge in [-0.05, 0) is 52.9 Å². The van der Waals surface area contributed by atoms with Crippen molar-refractivity contribution in [1.82, 2.24) is 0 Å². The third-order valence-corrected chi connectivity index (χ3v) is 2.89. The van der Waals surface area contributed by atoms with E-state index in [2.05, 4.69) is 27.9 Å². The summed E-state index contributed by atoms with van der Waals surface area (Å²) in [6.45, 7) is 0.00941. The van der Waals surface area contributed by atoms with Crippen molar-refractivity contribution in [2.45, 2.75) is 0 Å². The highest BCUT2D eigenvalue weighted by molar-refractivity contribution is 14.1. The van der Waals surface area contributed by atoms with Gasteiger partial charge in [-0.15, -0.1) is 0 Å². The number of ether oxygens (including phenoxy) is 1. The SMILES string of the molecule is O=C(COc1ccccc1)Nc1cccc(I)c1. The Kier molecular flexibility index (Phi) is 4.58. The number of amides is 1. The molecule has 0 aliphatic rings. The molecule has 18 heavy (non-hydrogen) atoms. The molecule has 3 nitrogen and oxygen atoms in total. The first-order valence-electron chi connectivity index (χ1n) is 5.47. The summed E-state index contributed by atoms with van der Waals surface area (Å²) in [6.07, 6.45) is 0. The Hall–Kier alpha value is -1.56. The van der Waals surface area contributed by atoms with Gasteiger partial charge >= 0.3 is 0 Å². The molecule has 0 radical (unpaired) electrons. The molecule has 0 unspecified atom stereocenters. The van der Waals surface area contributed by atoms with E-state index in [0.717, 1.165) is 9.26 Å². The van der Waals surface area contributed by atoms with Crippen LogP contribution in [-0.4, -0.2) is 12.5 Å². The van der Waals surface area contributed by atoms with Crippen molar-refractivity contribution in [3.8, 4) is 5.75 Å². The van der Waals surface area contributed by atoms with Crippen LogP contribution in [0.25, 0.3) is 0 Å². The fraction of sp³-hybridized carbons (Fsp3) is 0.0714. The van der Waals surface area contributed by atoms with Gasteiger partial charge in [0.15, 0.2) is 6.61 Å². The number of hydrogen-bond acceptors (Lipinski definition) is 2. The van der Waals surface area contributed by atoms with Crippen molar-refractivity contribution >= 4 is 34.2 Å². The van der Waals surface area contributed by atoms with E-state index >= 15 is 0 Å². The number of benzene rings is 2. The molecular weight excluding hydrogens is 341 g/mol. The normalized spacial score (nSPS) is 9.83. The minimum absolute atomic E-state index is 0.00941. The van der Waals surface area contributed by atoms with Crippen LogP contribution in [0.5, 0.6) is 5.75 Å². The molecule has 92 valence electrons. The van der Waals surface area contributed by atoms with Crippen LogP contribution in [0, 0.1) is 3.57 Å². The number of rotatable bonds is 4. The summed E-state index contributed by atoms with van der Waals surface area (Å²) < 4.78 is 6.43. The lowest BCUT2D eigenvalue weighted by Crippen LogP contribution is -2.20. The van der Waals surface area contributed by atoms with Crippen molar-refractivity contribution in [1.29, 1.82) is 0 Å². The number of nitrogens with one attached hydrogen (secondary N) is 1. The van der Waals surface area contributed by atoms with E-state index in [0.29, 0.717) is 5.75 Å². The lowest BCUT2D eigenvalue weighted by molar-refractivity contribution is -0.118. The average molecular weight is 353 g/mol. The van der Waals surface area contributed by atoms with Crippen LogP contribution in [0.2, 0.25) is 0 Å². The van der Waals surface area contributed by atoms with Gasteiger partial charge in [-0.25, -0.2) is 0 Å². The quantitative estimate of drug-likeness (QED) is 0.857. The van der Waals surface area contributed by atoms with E-state index in [-0.39, 0.29) is 12.5 Å². The molecule has 1 amide bonds. The smallest absolute Gasteiger partial charge is 0.262 e. The molecule has 0 fully saturated rings. The molecule has 0 aromatic heterocycles. The van der Waals surface area contributed by atoms with E-state index in [1.807, 2.05) is 54.6 Å². The number of para-hydroxylation sites is 1. The van der Waals surface area contributed by atoms with Crippen molar-refractivity contribution in [3.05, 3.63) is 58.2 Å². The van der Waals surface area contributed by atoms with Crippen LogP contribution in [0.1, 0.15) is 0 Å². The van der Waals surface area contributed by atoms with Crippen LogP contribution >= 0.6 is 22.6 Å². The number of carbonyl (C=O) groups excluding carboxylic acids is 1. The van der Waals surface area contributed by atoms with Crippen molar-refractivity contribution < 1.29 is 9.53 Å². The molecule has 1 N–H and O–H groups in total. The lowest BCUT2D eigenvalue weighted by Gasteiger charge is -2.07. The van der Waals surface area contributed by atoms with Crippen LogP contribution < -0.4 is 10.1 Å². The number of halogens is 1. The minimum Gasteiger partial charge on any atom is -0.484 e. The molecule has 0 atom stereocenters. The predicted molar refractivity (Wildman–Crippen MR) is 79.7 cm³/mol. The highest BCUT2D eigenvalue weighted by Crippen LogP contribution is 2.12. The Balaban J connectivity index is 1.86. The molecule has 0 heterocycles. The maximum absolute atomic E-state index is 11.7. The molecule has 2 aromatic rings. The van der Waals surface area contributed by atoms with Crippen LogP contribution in [0.15, 0.2) is 54.6 Å². The molecule has 0 saturated heterocycles. The van der Waals surface area contributed by atoms with Crippen LogP contribution in [0.3, 0.4) is 0 Å². The zero-order valence-electron chi connectivity index (χ0n) is 9.60. The Bertz CT molecular complexity index is 528. The van der Waals surface area contributed by atoms with Crippen molar-refractivity contribution in [2.24, 2.45) is 0 Å². The molecule has 2 aromatic carbocycles. The Morgan fingerprint density at radius 3 is 2.61 bits per heavy atom. The Morgan fingerprint density at radius 1 is 1.11 bits per heavy atom. The van der Waals surface area contributed by atoms with Crippen molar-refractivity contribution in [3.63, 3.8) is 0 Å². The second-order valence-electron chi connectivity index (χ2n) is 3.66. The van der Waals surface area contributed by atoms with Crippen LogP contribution in [0.4, 0.5) is 5.69 Å². The Morgan fingerprint density at radius 2 is 1.89 bits per heavy atom. The standard InChI is InChI=1S/C14H12INO2/c15-11-5-4-6-12(9-11)16-14(17)10-18-13-7-2-1-3-8-13/h1-9H,10H2,(H,16,17). The van der Waals surface area contributed by atoms with E-state index in [1.165, 1.54) is 0 Å². The van der Waals surface area contributed by atoms with Gasteiger partial charge < -0.3 is 10.1 Å². The highest BCUT2D eigenvalue weighted by Gasteiger charge is 2.03. The van der Waals surface area contributed by atoms with Crippen molar-refractivity contribution in [2.75, 3.05) is 11.9 Å². The second kappa shape index (κ2) is 6.39. The topological polar surface area (TPSA) is 38.3 Å². The predicted octanol–water partition coefficient (Wildman–Crippen LogP) is 3.31. The minimum atomic E-state index is -0.166. The molecule has 0 aliphatic heterocycles. The number of carbonyl (C=O) groups is 1. The first-order chi connectivity index (χ1) is 8.74. The third kappa shape index (κ3) is 4.03. The largest absolute Gasteiger partial charge is 0.484 e. The first-order valence-corrected chi connectivity index (χ1v) is 6.55. The Labute approximate surface area is 119 Å². The summed E-state index contributed by atoms with van der Waals surface area (Å²) in [5, 5.41) is 2.78. The average Bonchev–Trinajstić information content (AvgIpc) is 2.38. The first kappa shape index (κ1) is 12.9. The summed E-state index contributed by atoms with van der Waals surface area (Å²) in [5.41, 5.74) is 0.781. The summed E-state index contributed by atoms with van der Waals surface area (Å²) in [6, 6.07) is 16.9. The van der Waals surface area contributed by atoms with Crippen LogP contribution in [-0.2, 0) is 4.79 Å². The summed E-state index contributed by atoms with van der Waals surface area (Å²) in [7, 11) is 0.